The summed E-state index contributed by atoms with van der Waals surface area (Å²) in [4.78, 5) is 2.47. The Morgan fingerprint density at radius 1 is 1.18 bits per heavy atom. The van der Waals surface area contributed by atoms with E-state index in [1.54, 1.807) is 0 Å². The van der Waals surface area contributed by atoms with E-state index in [0.717, 1.165) is 18.5 Å². The molecule has 1 rings (SSSR count). The molecule has 2 heteroatoms. The summed E-state index contributed by atoms with van der Waals surface area (Å²) in [5.74, 6) is 0.831. The quantitative estimate of drug-likeness (QED) is 0.687. The highest BCUT2D eigenvalue weighted by Crippen LogP contribution is 2.16. The van der Waals surface area contributed by atoms with Crippen molar-refractivity contribution in [2.75, 3.05) is 26.7 Å². The van der Waals surface area contributed by atoms with E-state index in [2.05, 4.69) is 31.1 Å². The van der Waals surface area contributed by atoms with Crippen LogP contribution in [-0.2, 0) is 0 Å². The van der Waals surface area contributed by atoms with E-state index in [-0.39, 0.29) is 0 Å². The maximum Gasteiger partial charge on any atom is 0.0104 e. The van der Waals surface area contributed by atoms with Crippen LogP contribution < -0.4 is 5.32 Å². The standard InChI is InChI=1S/C15H32N2/c1-4-14(2)13-17(3)12-11-16-15-9-7-5-6-8-10-15/h14-16H,4-13H2,1-3H3. The fourth-order valence-corrected chi connectivity index (χ4v) is 2.70. The number of nitrogens with zero attached hydrogens (tertiary/aromatic N) is 1. The lowest BCUT2D eigenvalue weighted by atomic mass is 10.1. The maximum absolute atomic E-state index is 3.74. The third-order valence-corrected chi connectivity index (χ3v) is 4.10. The van der Waals surface area contributed by atoms with Gasteiger partial charge in [-0.05, 0) is 25.8 Å². The number of hydrogen-bond donors (Lipinski definition) is 1. The topological polar surface area (TPSA) is 15.3 Å². The van der Waals surface area contributed by atoms with Gasteiger partial charge in [0, 0.05) is 25.7 Å². The van der Waals surface area contributed by atoms with Gasteiger partial charge in [-0.2, -0.15) is 0 Å². The summed E-state index contributed by atoms with van der Waals surface area (Å²) in [5, 5.41) is 3.74. The molecular formula is C15H32N2. The first kappa shape index (κ1) is 15.0. The molecule has 2 nitrogen and oxygen atoms in total. The molecule has 1 atom stereocenters. The van der Waals surface area contributed by atoms with Gasteiger partial charge in [-0.15, -0.1) is 0 Å². The summed E-state index contributed by atoms with van der Waals surface area (Å²) in [7, 11) is 2.25. The molecule has 1 aliphatic carbocycles. The Hall–Kier alpha value is -0.0800. The highest BCUT2D eigenvalue weighted by Gasteiger charge is 2.11. The van der Waals surface area contributed by atoms with Crippen LogP contribution in [0, 0.1) is 5.92 Å². The molecule has 1 N–H and O–H groups in total. The maximum atomic E-state index is 3.74. The highest BCUT2D eigenvalue weighted by molar-refractivity contribution is 4.71. The predicted octanol–water partition coefficient (Wildman–Crippen LogP) is 3.28. The molecule has 0 aromatic rings. The molecule has 0 aromatic heterocycles. The van der Waals surface area contributed by atoms with E-state index in [4.69, 9.17) is 0 Å². The molecule has 1 unspecified atom stereocenters. The third-order valence-electron chi connectivity index (χ3n) is 4.10. The monoisotopic (exact) mass is 240 g/mol. The molecule has 0 saturated heterocycles. The van der Waals surface area contributed by atoms with Gasteiger partial charge < -0.3 is 10.2 Å². The van der Waals surface area contributed by atoms with E-state index in [0.29, 0.717) is 0 Å². The van der Waals surface area contributed by atoms with E-state index in [9.17, 15) is 0 Å². The first-order valence-electron chi connectivity index (χ1n) is 7.64. The number of likely N-dealkylation sites (N-methyl/N-ethyl adjacent to an activating group) is 1. The van der Waals surface area contributed by atoms with Crippen molar-refractivity contribution in [2.45, 2.75) is 64.8 Å². The van der Waals surface area contributed by atoms with Crippen LogP contribution in [0.15, 0.2) is 0 Å². The third kappa shape index (κ3) is 7.05. The Morgan fingerprint density at radius 3 is 2.41 bits per heavy atom. The Morgan fingerprint density at radius 2 is 1.82 bits per heavy atom. The lowest BCUT2D eigenvalue weighted by molar-refractivity contribution is 0.275. The van der Waals surface area contributed by atoms with Crippen LogP contribution >= 0.6 is 0 Å². The van der Waals surface area contributed by atoms with Crippen LogP contribution in [0.4, 0.5) is 0 Å². The van der Waals surface area contributed by atoms with Crippen molar-refractivity contribution < 1.29 is 0 Å². The first-order valence-corrected chi connectivity index (χ1v) is 7.64. The van der Waals surface area contributed by atoms with Crippen LogP contribution in [0.1, 0.15) is 58.8 Å². The van der Waals surface area contributed by atoms with Crippen molar-refractivity contribution in [1.82, 2.24) is 10.2 Å². The van der Waals surface area contributed by atoms with Gasteiger partial charge in [0.05, 0.1) is 0 Å². The fraction of sp³-hybridized carbons (Fsp3) is 1.00. The summed E-state index contributed by atoms with van der Waals surface area (Å²) in [6, 6.07) is 0.800. The highest BCUT2D eigenvalue weighted by atomic mass is 15.1. The van der Waals surface area contributed by atoms with Gasteiger partial charge in [0.2, 0.25) is 0 Å². The molecule has 17 heavy (non-hydrogen) atoms. The van der Waals surface area contributed by atoms with Gasteiger partial charge in [0.25, 0.3) is 0 Å². The fourth-order valence-electron chi connectivity index (χ4n) is 2.70. The Balaban J connectivity index is 2.05. The molecule has 0 bridgehead atoms. The summed E-state index contributed by atoms with van der Waals surface area (Å²) < 4.78 is 0. The zero-order valence-corrected chi connectivity index (χ0v) is 12.2. The smallest absolute Gasteiger partial charge is 0.0104 e. The summed E-state index contributed by atoms with van der Waals surface area (Å²) in [6.07, 6.45) is 9.85. The van der Waals surface area contributed by atoms with Crippen LogP contribution in [0.5, 0.6) is 0 Å². The molecule has 1 fully saturated rings. The minimum Gasteiger partial charge on any atom is -0.313 e. The van der Waals surface area contributed by atoms with Crippen molar-refractivity contribution in [1.29, 1.82) is 0 Å². The van der Waals surface area contributed by atoms with Crippen LogP contribution in [0.25, 0.3) is 0 Å². The number of rotatable bonds is 7. The van der Waals surface area contributed by atoms with Crippen LogP contribution in [0.2, 0.25) is 0 Å². The predicted molar refractivity (Wildman–Crippen MR) is 76.4 cm³/mol. The molecular weight excluding hydrogens is 208 g/mol. The second-order valence-electron chi connectivity index (χ2n) is 5.92. The molecule has 0 radical (unpaired) electrons. The summed E-state index contributed by atoms with van der Waals surface area (Å²) in [6.45, 7) is 8.22. The van der Waals surface area contributed by atoms with Gasteiger partial charge in [-0.25, -0.2) is 0 Å². The van der Waals surface area contributed by atoms with E-state index >= 15 is 0 Å². The Kier molecular flexibility index (Phi) is 7.87. The summed E-state index contributed by atoms with van der Waals surface area (Å²) >= 11 is 0. The van der Waals surface area contributed by atoms with Crippen molar-refractivity contribution in [3.05, 3.63) is 0 Å². The summed E-state index contributed by atoms with van der Waals surface area (Å²) in [5.41, 5.74) is 0. The number of hydrogen-bond acceptors (Lipinski definition) is 2. The molecule has 0 amide bonds. The second-order valence-corrected chi connectivity index (χ2v) is 5.92. The molecule has 1 saturated carbocycles. The minimum absolute atomic E-state index is 0.800. The number of nitrogens with one attached hydrogen (secondary N) is 1. The molecule has 0 spiro atoms. The molecule has 0 aliphatic heterocycles. The van der Waals surface area contributed by atoms with Crippen molar-refractivity contribution in [2.24, 2.45) is 5.92 Å². The first-order chi connectivity index (χ1) is 8.22. The van der Waals surface area contributed by atoms with Crippen LogP contribution in [0.3, 0.4) is 0 Å². The zero-order chi connectivity index (χ0) is 12.5. The molecule has 0 heterocycles. The second kappa shape index (κ2) is 8.93. The lowest BCUT2D eigenvalue weighted by Crippen LogP contribution is -2.36. The SMILES string of the molecule is CCC(C)CN(C)CCNC1CCCCCC1. The van der Waals surface area contributed by atoms with Gasteiger partial charge in [0.15, 0.2) is 0 Å². The molecule has 0 aromatic carbocycles. The van der Waals surface area contributed by atoms with Gasteiger partial charge in [0.1, 0.15) is 0 Å². The Labute approximate surface area is 108 Å². The Bertz CT molecular complexity index is 174. The molecule has 102 valence electrons. The van der Waals surface area contributed by atoms with Crippen molar-refractivity contribution >= 4 is 0 Å². The lowest BCUT2D eigenvalue weighted by Gasteiger charge is -2.22. The average Bonchev–Trinajstić information content (AvgIpc) is 2.57. The van der Waals surface area contributed by atoms with E-state index < -0.39 is 0 Å². The van der Waals surface area contributed by atoms with Crippen LogP contribution in [-0.4, -0.2) is 37.6 Å². The van der Waals surface area contributed by atoms with E-state index in [1.807, 2.05) is 0 Å². The van der Waals surface area contributed by atoms with Gasteiger partial charge in [-0.3, -0.25) is 0 Å². The van der Waals surface area contributed by atoms with Gasteiger partial charge >= 0.3 is 0 Å². The van der Waals surface area contributed by atoms with Crippen molar-refractivity contribution in [3.63, 3.8) is 0 Å². The normalized spacial score (nSPS) is 20.5. The minimum atomic E-state index is 0.800. The zero-order valence-electron chi connectivity index (χ0n) is 12.2. The van der Waals surface area contributed by atoms with Gasteiger partial charge in [-0.1, -0.05) is 46.0 Å². The molecule has 1 aliphatic rings. The largest absolute Gasteiger partial charge is 0.313 e. The van der Waals surface area contributed by atoms with E-state index in [1.165, 1.54) is 58.0 Å². The van der Waals surface area contributed by atoms with Crippen molar-refractivity contribution in [3.8, 4) is 0 Å². The average molecular weight is 240 g/mol.